The van der Waals surface area contributed by atoms with Crippen LogP contribution in [-0.4, -0.2) is 73.3 Å². The van der Waals surface area contributed by atoms with Gasteiger partial charge in [0.1, 0.15) is 5.54 Å². The summed E-state index contributed by atoms with van der Waals surface area (Å²) in [5.74, 6) is 0.143. The molecule has 204 valence electrons. The molecule has 0 aromatic heterocycles. The van der Waals surface area contributed by atoms with Crippen molar-refractivity contribution in [1.29, 1.82) is 0 Å². The molecule has 3 aliphatic heterocycles. The minimum atomic E-state index is -0.468. The number of hydrogen-bond acceptors (Lipinski definition) is 5. The molecule has 0 aliphatic carbocycles. The molecule has 1 N–H and O–H groups in total. The monoisotopic (exact) mass is 558 g/mol. The number of halogens is 2. The van der Waals surface area contributed by atoms with E-state index in [4.69, 9.17) is 27.9 Å². The molecule has 2 aromatic carbocycles. The Hall–Kier alpha value is -2.48. The second kappa shape index (κ2) is 11.3. The summed E-state index contributed by atoms with van der Waals surface area (Å²) in [4.78, 5) is 32.0. The molecule has 1 unspecified atom stereocenters. The van der Waals surface area contributed by atoms with Crippen molar-refractivity contribution < 1.29 is 14.3 Å². The lowest BCUT2D eigenvalue weighted by Crippen LogP contribution is -2.56. The molecule has 2 amide bonds. The van der Waals surface area contributed by atoms with E-state index in [9.17, 15) is 9.59 Å². The summed E-state index contributed by atoms with van der Waals surface area (Å²) in [6, 6.07) is 16.1. The van der Waals surface area contributed by atoms with Crippen molar-refractivity contribution in [3.8, 4) is 0 Å². The predicted molar refractivity (Wildman–Crippen MR) is 151 cm³/mol. The van der Waals surface area contributed by atoms with Crippen molar-refractivity contribution in [2.24, 2.45) is 0 Å². The fourth-order valence-electron chi connectivity index (χ4n) is 6.47. The SMILES string of the molecule is CCOC(=O)N1CCC(CCCN2CCC3(CC2)C(=O)NCN3c2ccccc2)(c2ccc(Cl)c(Cl)c2)C1. The molecule has 3 heterocycles. The Morgan fingerprint density at radius 2 is 1.79 bits per heavy atom. The molecule has 0 radical (unpaired) electrons. The summed E-state index contributed by atoms with van der Waals surface area (Å²) in [5.41, 5.74) is 1.56. The summed E-state index contributed by atoms with van der Waals surface area (Å²) in [5, 5.41) is 4.16. The Morgan fingerprint density at radius 3 is 2.50 bits per heavy atom. The third-order valence-corrected chi connectivity index (χ3v) is 9.37. The van der Waals surface area contributed by atoms with Gasteiger partial charge in [-0.25, -0.2) is 4.79 Å². The first-order valence-electron chi connectivity index (χ1n) is 13.6. The first-order valence-corrected chi connectivity index (χ1v) is 14.3. The number of carbonyl (C=O) groups excluding carboxylic acids is 2. The molecular weight excluding hydrogens is 523 g/mol. The smallest absolute Gasteiger partial charge is 0.409 e. The molecule has 7 nitrogen and oxygen atoms in total. The maximum absolute atomic E-state index is 13.0. The Morgan fingerprint density at radius 1 is 1.03 bits per heavy atom. The normalized spacial score (nSPS) is 23.2. The van der Waals surface area contributed by atoms with E-state index in [1.54, 1.807) is 0 Å². The number of likely N-dealkylation sites (tertiary alicyclic amines) is 2. The molecule has 0 bridgehead atoms. The number of rotatable bonds is 7. The van der Waals surface area contributed by atoms with Gasteiger partial charge in [0.2, 0.25) is 5.91 Å². The van der Waals surface area contributed by atoms with Crippen LogP contribution in [0, 0.1) is 0 Å². The van der Waals surface area contributed by atoms with Gasteiger partial charge in [0.15, 0.2) is 0 Å². The predicted octanol–water partition coefficient (Wildman–Crippen LogP) is 5.30. The molecule has 0 saturated carbocycles. The van der Waals surface area contributed by atoms with Gasteiger partial charge in [-0.05, 0) is 75.4 Å². The van der Waals surface area contributed by atoms with E-state index in [-0.39, 0.29) is 17.4 Å². The second-order valence-corrected chi connectivity index (χ2v) is 11.5. The fraction of sp³-hybridized carbons (Fsp3) is 0.517. The summed E-state index contributed by atoms with van der Waals surface area (Å²) < 4.78 is 5.29. The van der Waals surface area contributed by atoms with Gasteiger partial charge < -0.3 is 24.8 Å². The molecule has 9 heteroatoms. The summed E-state index contributed by atoms with van der Waals surface area (Å²) >= 11 is 12.6. The lowest BCUT2D eigenvalue weighted by atomic mass is 9.76. The quantitative estimate of drug-likeness (QED) is 0.499. The first kappa shape index (κ1) is 27.1. The third kappa shape index (κ3) is 5.21. The first-order chi connectivity index (χ1) is 18.4. The number of amides is 2. The largest absolute Gasteiger partial charge is 0.450 e. The Kier molecular flexibility index (Phi) is 8.08. The highest BCUT2D eigenvalue weighted by Crippen LogP contribution is 2.42. The van der Waals surface area contributed by atoms with E-state index in [1.807, 2.05) is 48.2 Å². The summed E-state index contributed by atoms with van der Waals surface area (Å²) in [6.07, 6.45) is 4.13. The van der Waals surface area contributed by atoms with Gasteiger partial charge in [-0.2, -0.15) is 0 Å². The van der Waals surface area contributed by atoms with Crippen LogP contribution in [0.25, 0.3) is 0 Å². The van der Waals surface area contributed by atoms with E-state index in [1.165, 1.54) is 0 Å². The number of piperidine rings is 1. The number of ether oxygens (including phenoxy) is 1. The van der Waals surface area contributed by atoms with Gasteiger partial charge in [0.05, 0.1) is 23.3 Å². The summed E-state index contributed by atoms with van der Waals surface area (Å²) in [6.45, 7) is 6.74. The highest BCUT2D eigenvalue weighted by Gasteiger charge is 2.50. The van der Waals surface area contributed by atoms with Gasteiger partial charge in [-0.3, -0.25) is 4.79 Å². The number of carbonyl (C=O) groups is 2. The van der Waals surface area contributed by atoms with Crippen molar-refractivity contribution in [3.63, 3.8) is 0 Å². The topological polar surface area (TPSA) is 65.1 Å². The van der Waals surface area contributed by atoms with Gasteiger partial charge in [-0.15, -0.1) is 0 Å². The van der Waals surface area contributed by atoms with Crippen molar-refractivity contribution in [2.75, 3.05) is 50.9 Å². The number of benzene rings is 2. The van der Waals surface area contributed by atoms with Crippen molar-refractivity contribution in [1.82, 2.24) is 15.1 Å². The Labute approximate surface area is 235 Å². The molecule has 3 fully saturated rings. The molecule has 1 spiro atoms. The van der Waals surface area contributed by atoms with E-state index in [0.717, 1.165) is 63.0 Å². The standard InChI is InChI=1S/C29H36Cl2N4O3/c1-2-38-27(37)34-18-12-28(20-34,22-9-10-24(30)25(31)19-22)11-6-15-33-16-13-29(14-17-33)26(36)32-21-35(29)23-7-4-3-5-8-23/h3-5,7-10,19H,2,6,11-18,20-21H2,1H3,(H,32,36). The molecule has 5 rings (SSSR count). The van der Waals surface area contributed by atoms with Gasteiger partial charge in [0.25, 0.3) is 0 Å². The van der Waals surface area contributed by atoms with Crippen LogP contribution in [0.4, 0.5) is 10.5 Å². The maximum Gasteiger partial charge on any atom is 0.409 e. The van der Waals surface area contributed by atoms with E-state index >= 15 is 0 Å². The van der Waals surface area contributed by atoms with Crippen LogP contribution in [0.1, 0.15) is 44.6 Å². The second-order valence-electron chi connectivity index (χ2n) is 10.7. The fourth-order valence-corrected chi connectivity index (χ4v) is 6.77. The molecule has 3 aliphatic rings. The minimum Gasteiger partial charge on any atom is -0.450 e. The Balaban J connectivity index is 1.23. The highest BCUT2D eigenvalue weighted by molar-refractivity contribution is 6.42. The zero-order chi connectivity index (χ0) is 26.8. The third-order valence-electron chi connectivity index (χ3n) is 8.63. The van der Waals surface area contributed by atoms with Crippen LogP contribution in [-0.2, 0) is 14.9 Å². The highest BCUT2D eigenvalue weighted by atomic mass is 35.5. The summed E-state index contributed by atoms with van der Waals surface area (Å²) in [7, 11) is 0. The van der Waals surface area contributed by atoms with Crippen molar-refractivity contribution in [3.05, 3.63) is 64.1 Å². The zero-order valence-corrected chi connectivity index (χ0v) is 23.4. The maximum atomic E-state index is 13.0. The number of hydrogen-bond donors (Lipinski definition) is 1. The average molecular weight is 560 g/mol. The molecule has 1 atom stereocenters. The molecular formula is C29H36Cl2N4O3. The number of nitrogens with zero attached hydrogens (tertiary/aromatic N) is 3. The van der Waals surface area contributed by atoms with Crippen LogP contribution < -0.4 is 10.2 Å². The van der Waals surface area contributed by atoms with Gasteiger partial charge >= 0.3 is 6.09 Å². The molecule has 2 aromatic rings. The Bertz CT molecular complexity index is 1160. The van der Waals surface area contributed by atoms with Crippen LogP contribution in [0.5, 0.6) is 0 Å². The lowest BCUT2D eigenvalue weighted by molar-refractivity contribution is -0.125. The zero-order valence-electron chi connectivity index (χ0n) is 21.9. The number of nitrogens with one attached hydrogen (secondary N) is 1. The van der Waals surface area contributed by atoms with E-state index in [2.05, 4.69) is 27.2 Å². The van der Waals surface area contributed by atoms with Crippen LogP contribution in [0.2, 0.25) is 10.0 Å². The van der Waals surface area contributed by atoms with Crippen LogP contribution >= 0.6 is 23.2 Å². The molecule has 3 saturated heterocycles. The average Bonchev–Trinajstić information content (AvgIpc) is 3.50. The van der Waals surface area contributed by atoms with E-state index < -0.39 is 5.54 Å². The van der Waals surface area contributed by atoms with Crippen LogP contribution in [0.15, 0.2) is 48.5 Å². The van der Waals surface area contributed by atoms with Gasteiger partial charge in [-0.1, -0.05) is 47.5 Å². The van der Waals surface area contributed by atoms with Crippen molar-refractivity contribution in [2.45, 2.75) is 50.0 Å². The number of anilines is 1. The minimum absolute atomic E-state index is 0.143. The molecule has 38 heavy (non-hydrogen) atoms. The van der Waals surface area contributed by atoms with Crippen molar-refractivity contribution >= 4 is 40.9 Å². The lowest BCUT2D eigenvalue weighted by Gasteiger charge is -2.43. The van der Waals surface area contributed by atoms with Gasteiger partial charge in [0, 0.05) is 37.3 Å². The van der Waals surface area contributed by atoms with Crippen LogP contribution in [0.3, 0.4) is 0 Å². The van der Waals surface area contributed by atoms with E-state index in [0.29, 0.717) is 36.4 Å². The number of para-hydroxylation sites is 1.